The first-order valence-electron chi connectivity index (χ1n) is 5.99. The highest BCUT2D eigenvalue weighted by molar-refractivity contribution is 9.10. The Morgan fingerprint density at radius 1 is 1.33 bits per heavy atom. The first-order chi connectivity index (χ1) is 8.24. The fourth-order valence-electron chi connectivity index (χ4n) is 2.71. The number of carboxylic acids is 1. The minimum absolute atomic E-state index is 0.0270. The predicted molar refractivity (Wildman–Crippen MR) is 72.6 cm³/mol. The molecule has 1 aromatic carbocycles. The Bertz CT molecular complexity index is 496. The van der Waals surface area contributed by atoms with Gasteiger partial charge in [0.05, 0.1) is 6.42 Å². The van der Waals surface area contributed by atoms with Gasteiger partial charge in [-0.3, -0.25) is 4.79 Å². The second-order valence-electron chi connectivity index (χ2n) is 5.68. The third-order valence-corrected chi connectivity index (χ3v) is 4.31. The molecule has 1 aromatic rings. The van der Waals surface area contributed by atoms with E-state index in [2.05, 4.69) is 29.8 Å². The number of halogens is 1. The summed E-state index contributed by atoms with van der Waals surface area (Å²) >= 11 is 3.39. The lowest BCUT2D eigenvalue weighted by atomic mass is 9.66. The van der Waals surface area contributed by atoms with E-state index in [1.54, 1.807) is 0 Å². The number of carbonyl (C=O) groups is 1. The van der Waals surface area contributed by atoms with Crippen LogP contribution in [0.5, 0.6) is 0 Å². The zero-order valence-electron chi connectivity index (χ0n) is 10.5. The zero-order chi connectivity index (χ0) is 13.6. The van der Waals surface area contributed by atoms with Crippen molar-refractivity contribution in [1.82, 2.24) is 0 Å². The summed E-state index contributed by atoms with van der Waals surface area (Å²) in [5.74, 6) is -0.969. The number of rotatable bonds is 2. The Kier molecular flexibility index (Phi) is 3.28. The standard InChI is InChI=1S/C14H17BrO3/c1-13(2)5-6-14(18,8-12(16)17)11-7-9(15)3-4-10(11)13/h3-4,7,18H,5-6,8H2,1-2H3,(H,16,17). The van der Waals surface area contributed by atoms with Gasteiger partial charge in [-0.2, -0.15) is 0 Å². The third-order valence-electron chi connectivity index (χ3n) is 3.82. The molecule has 1 atom stereocenters. The number of aliphatic hydroxyl groups is 1. The molecule has 1 aliphatic rings. The average Bonchev–Trinajstić information content (AvgIpc) is 2.24. The highest BCUT2D eigenvalue weighted by Crippen LogP contribution is 2.46. The smallest absolute Gasteiger partial charge is 0.306 e. The van der Waals surface area contributed by atoms with Gasteiger partial charge in [-0.1, -0.05) is 35.8 Å². The molecule has 0 heterocycles. The molecule has 2 N–H and O–H groups in total. The van der Waals surface area contributed by atoms with E-state index < -0.39 is 11.6 Å². The van der Waals surface area contributed by atoms with Crippen molar-refractivity contribution in [2.45, 2.75) is 44.1 Å². The first kappa shape index (κ1) is 13.6. The van der Waals surface area contributed by atoms with Crippen molar-refractivity contribution in [3.05, 3.63) is 33.8 Å². The van der Waals surface area contributed by atoms with Crippen LogP contribution in [-0.2, 0) is 15.8 Å². The van der Waals surface area contributed by atoms with Crippen LogP contribution in [0.25, 0.3) is 0 Å². The summed E-state index contributed by atoms with van der Waals surface area (Å²) in [5.41, 5.74) is 0.512. The van der Waals surface area contributed by atoms with E-state index in [1.165, 1.54) is 0 Å². The lowest BCUT2D eigenvalue weighted by Gasteiger charge is -2.41. The van der Waals surface area contributed by atoms with Crippen molar-refractivity contribution in [2.75, 3.05) is 0 Å². The lowest BCUT2D eigenvalue weighted by Crippen LogP contribution is -2.39. The summed E-state index contributed by atoms with van der Waals surface area (Å²) in [5, 5.41) is 19.6. The van der Waals surface area contributed by atoms with Gasteiger partial charge in [-0.15, -0.1) is 0 Å². The van der Waals surface area contributed by atoms with Gasteiger partial charge in [0.25, 0.3) is 0 Å². The molecule has 1 aliphatic carbocycles. The first-order valence-corrected chi connectivity index (χ1v) is 6.79. The molecule has 98 valence electrons. The molecule has 0 amide bonds. The molecule has 4 heteroatoms. The average molecular weight is 313 g/mol. The molecule has 0 spiro atoms. The summed E-state index contributed by atoms with van der Waals surface area (Å²) in [6.07, 6.45) is 1.02. The normalized spacial score (nSPS) is 25.6. The van der Waals surface area contributed by atoms with Crippen molar-refractivity contribution in [3.63, 3.8) is 0 Å². The summed E-state index contributed by atoms with van der Waals surface area (Å²) in [4.78, 5) is 11.0. The molecule has 0 aromatic heterocycles. The number of aliphatic carboxylic acids is 1. The van der Waals surface area contributed by atoms with Gasteiger partial charge >= 0.3 is 5.97 Å². The van der Waals surface area contributed by atoms with E-state index in [-0.39, 0.29) is 11.8 Å². The zero-order valence-corrected chi connectivity index (χ0v) is 12.1. The van der Waals surface area contributed by atoms with Gasteiger partial charge in [0.2, 0.25) is 0 Å². The van der Waals surface area contributed by atoms with Gasteiger partial charge in [0, 0.05) is 4.47 Å². The maximum atomic E-state index is 11.0. The molecular weight excluding hydrogens is 296 g/mol. The molecule has 2 rings (SSSR count). The Morgan fingerprint density at radius 2 is 2.00 bits per heavy atom. The molecule has 1 unspecified atom stereocenters. The fourth-order valence-corrected chi connectivity index (χ4v) is 3.08. The minimum atomic E-state index is -1.25. The van der Waals surface area contributed by atoms with Crippen molar-refractivity contribution >= 4 is 21.9 Å². The van der Waals surface area contributed by atoms with E-state index in [9.17, 15) is 9.90 Å². The Morgan fingerprint density at radius 3 is 2.61 bits per heavy atom. The van der Waals surface area contributed by atoms with Crippen molar-refractivity contribution in [3.8, 4) is 0 Å². The monoisotopic (exact) mass is 312 g/mol. The van der Waals surface area contributed by atoms with Crippen LogP contribution in [0.1, 0.15) is 44.2 Å². The van der Waals surface area contributed by atoms with Gasteiger partial charge < -0.3 is 10.2 Å². The van der Waals surface area contributed by atoms with Crippen molar-refractivity contribution < 1.29 is 15.0 Å². The Balaban J connectivity index is 2.57. The van der Waals surface area contributed by atoms with Crippen molar-refractivity contribution in [2.24, 2.45) is 0 Å². The lowest BCUT2D eigenvalue weighted by molar-refractivity contribution is -0.144. The summed E-state index contributed by atoms with van der Waals surface area (Å²) in [7, 11) is 0. The maximum Gasteiger partial charge on any atom is 0.306 e. The Labute approximate surface area is 115 Å². The summed E-state index contributed by atoms with van der Waals surface area (Å²) in [6.45, 7) is 4.25. The maximum absolute atomic E-state index is 11.0. The molecule has 0 saturated heterocycles. The van der Waals surface area contributed by atoms with Gasteiger partial charge in [0.15, 0.2) is 0 Å². The molecule has 0 saturated carbocycles. The molecule has 0 bridgehead atoms. The quantitative estimate of drug-likeness (QED) is 0.881. The van der Waals surface area contributed by atoms with E-state index in [4.69, 9.17) is 5.11 Å². The van der Waals surface area contributed by atoms with E-state index >= 15 is 0 Å². The molecule has 3 nitrogen and oxygen atoms in total. The largest absolute Gasteiger partial charge is 0.481 e. The second-order valence-corrected chi connectivity index (χ2v) is 6.59. The number of benzene rings is 1. The predicted octanol–water partition coefficient (Wildman–Crippen LogP) is 3.18. The van der Waals surface area contributed by atoms with Crippen LogP contribution in [0.4, 0.5) is 0 Å². The SMILES string of the molecule is CC1(C)CCC(O)(CC(=O)O)c2cc(Br)ccc21. The van der Waals surface area contributed by atoms with E-state index in [0.29, 0.717) is 6.42 Å². The number of hydrogen-bond acceptors (Lipinski definition) is 2. The highest BCUT2D eigenvalue weighted by atomic mass is 79.9. The number of hydrogen-bond donors (Lipinski definition) is 2. The van der Waals surface area contributed by atoms with E-state index in [1.807, 2.05) is 18.2 Å². The number of fused-ring (bicyclic) bond motifs is 1. The summed E-state index contributed by atoms with van der Waals surface area (Å²) < 4.78 is 0.864. The summed E-state index contributed by atoms with van der Waals surface area (Å²) in [6, 6.07) is 5.76. The minimum Gasteiger partial charge on any atom is -0.481 e. The van der Waals surface area contributed by atoms with Crippen LogP contribution in [-0.4, -0.2) is 16.2 Å². The molecule has 0 radical (unpaired) electrons. The molecule has 0 aliphatic heterocycles. The third kappa shape index (κ3) is 2.31. The molecular formula is C14H17BrO3. The van der Waals surface area contributed by atoms with Gasteiger partial charge in [-0.25, -0.2) is 0 Å². The van der Waals surface area contributed by atoms with Crippen LogP contribution >= 0.6 is 15.9 Å². The van der Waals surface area contributed by atoms with Crippen LogP contribution in [0.15, 0.2) is 22.7 Å². The van der Waals surface area contributed by atoms with Gasteiger partial charge in [-0.05, 0) is 41.5 Å². The fraction of sp³-hybridized carbons (Fsp3) is 0.500. The van der Waals surface area contributed by atoms with Crippen LogP contribution in [0.3, 0.4) is 0 Å². The topological polar surface area (TPSA) is 57.5 Å². The van der Waals surface area contributed by atoms with Crippen LogP contribution in [0.2, 0.25) is 0 Å². The number of carboxylic acid groups (broad SMARTS) is 1. The van der Waals surface area contributed by atoms with Gasteiger partial charge in [0.1, 0.15) is 5.60 Å². The highest BCUT2D eigenvalue weighted by Gasteiger charge is 2.42. The van der Waals surface area contributed by atoms with E-state index in [0.717, 1.165) is 22.0 Å². The van der Waals surface area contributed by atoms with Crippen molar-refractivity contribution in [1.29, 1.82) is 0 Å². The second kappa shape index (κ2) is 4.35. The Hall–Kier alpha value is -0.870. The van der Waals surface area contributed by atoms with Crippen LogP contribution < -0.4 is 0 Å². The van der Waals surface area contributed by atoms with Crippen LogP contribution in [0, 0.1) is 0 Å². The molecule has 0 fully saturated rings. The molecule has 18 heavy (non-hydrogen) atoms.